The Morgan fingerprint density at radius 1 is 1.18 bits per heavy atom. The van der Waals surface area contributed by atoms with Crippen molar-refractivity contribution in [1.29, 1.82) is 0 Å². The number of Topliss-reactive ketones (excluding diaryl/α,β-unsaturated/α-hetero) is 1. The van der Waals surface area contributed by atoms with Gasteiger partial charge in [-0.15, -0.1) is 0 Å². The van der Waals surface area contributed by atoms with Crippen molar-refractivity contribution >= 4 is 23.3 Å². The summed E-state index contributed by atoms with van der Waals surface area (Å²) in [7, 11) is 0. The number of aliphatic carboxylic acids is 1. The quantitative estimate of drug-likeness (QED) is 0.792. The number of carbonyl (C=O) groups is 3. The van der Waals surface area contributed by atoms with E-state index in [1.165, 1.54) is 19.3 Å². The Hall–Kier alpha value is -3.16. The van der Waals surface area contributed by atoms with Gasteiger partial charge in [0.05, 0.1) is 17.5 Å². The number of ketones is 1. The predicted molar refractivity (Wildman–Crippen MR) is 99.3 cm³/mol. The maximum Gasteiger partial charge on any atom is 0.311 e. The normalized spacial score (nSPS) is 14.2. The fraction of sp³-hybridized carbons (Fsp3) is 0.350. The van der Waals surface area contributed by atoms with Crippen LogP contribution in [0.15, 0.2) is 28.9 Å². The lowest BCUT2D eigenvalue weighted by Crippen LogP contribution is -2.49. The average molecular weight is 388 g/mol. The van der Waals surface area contributed by atoms with Gasteiger partial charge in [-0.1, -0.05) is 0 Å². The SMILES string of the molecule is CC(=O)c1ccc(N2CCN(C(=O)c3c(C)coc3CC(=O)O)CC2)c(F)c1. The van der Waals surface area contributed by atoms with Gasteiger partial charge in [-0.3, -0.25) is 14.4 Å². The largest absolute Gasteiger partial charge is 0.481 e. The number of carbonyl (C=O) groups excluding carboxylic acids is 2. The van der Waals surface area contributed by atoms with Crippen molar-refractivity contribution < 1.29 is 28.3 Å². The lowest BCUT2D eigenvalue weighted by Gasteiger charge is -2.36. The molecule has 148 valence electrons. The summed E-state index contributed by atoms with van der Waals surface area (Å²) in [5.41, 5.74) is 1.59. The molecule has 1 amide bonds. The molecule has 0 radical (unpaired) electrons. The Kier molecular flexibility index (Phi) is 5.48. The van der Waals surface area contributed by atoms with E-state index in [0.29, 0.717) is 43.0 Å². The first-order valence-corrected chi connectivity index (χ1v) is 8.91. The molecule has 1 aliphatic rings. The molecule has 2 heterocycles. The van der Waals surface area contributed by atoms with E-state index in [9.17, 15) is 18.8 Å². The number of halogens is 1. The molecule has 8 heteroatoms. The van der Waals surface area contributed by atoms with Crippen LogP contribution < -0.4 is 4.90 Å². The zero-order valence-electron chi connectivity index (χ0n) is 15.7. The number of anilines is 1. The maximum atomic E-state index is 14.4. The minimum absolute atomic E-state index is 0.142. The summed E-state index contributed by atoms with van der Waals surface area (Å²) in [6.45, 7) is 4.66. The molecule has 7 nitrogen and oxygen atoms in total. The molecule has 0 spiro atoms. The van der Waals surface area contributed by atoms with Crippen molar-refractivity contribution in [3.8, 4) is 0 Å². The molecular weight excluding hydrogens is 367 g/mol. The van der Waals surface area contributed by atoms with E-state index >= 15 is 0 Å². The van der Waals surface area contributed by atoms with E-state index in [2.05, 4.69) is 0 Å². The van der Waals surface area contributed by atoms with Crippen LogP contribution in [0.1, 0.15) is 39.0 Å². The van der Waals surface area contributed by atoms with Crippen molar-refractivity contribution in [2.45, 2.75) is 20.3 Å². The summed E-state index contributed by atoms with van der Waals surface area (Å²) >= 11 is 0. The third-order valence-electron chi connectivity index (χ3n) is 4.84. The number of amides is 1. The number of rotatable bonds is 5. The monoisotopic (exact) mass is 388 g/mol. The van der Waals surface area contributed by atoms with Gasteiger partial charge in [0, 0.05) is 37.3 Å². The van der Waals surface area contributed by atoms with Gasteiger partial charge in [-0.25, -0.2) is 4.39 Å². The van der Waals surface area contributed by atoms with E-state index in [4.69, 9.17) is 9.52 Å². The highest BCUT2D eigenvalue weighted by Gasteiger charge is 2.28. The molecular formula is C20H21FN2O5. The number of carboxylic acid groups (broad SMARTS) is 1. The minimum atomic E-state index is -1.07. The Morgan fingerprint density at radius 3 is 2.43 bits per heavy atom. The van der Waals surface area contributed by atoms with Crippen LogP contribution in [0.2, 0.25) is 0 Å². The molecule has 1 fully saturated rings. The third-order valence-corrected chi connectivity index (χ3v) is 4.84. The fourth-order valence-corrected chi connectivity index (χ4v) is 3.34. The van der Waals surface area contributed by atoms with Crippen LogP contribution in [0.25, 0.3) is 0 Å². The number of hydrogen-bond acceptors (Lipinski definition) is 5. The fourth-order valence-electron chi connectivity index (χ4n) is 3.34. The summed E-state index contributed by atoms with van der Waals surface area (Å²) in [6, 6.07) is 4.39. The van der Waals surface area contributed by atoms with Crippen LogP contribution >= 0.6 is 0 Å². The Morgan fingerprint density at radius 2 is 1.86 bits per heavy atom. The van der Waals surface area contributed by atoms with Crippen LogP contribution in [0.4, 0.5) is 10.1 Å². The van der Waals surface area contributed by atoms with Crippen LogP contribution in [0.3, 0.4) is 0 Å². The minimum Gasteiger partial charge on any atom is -0.481 e. The van der Waals surface area contributed by atoms with Gasteiger partial charge < -0.3 is 19.3 Å². The van der Waals surface area contributed by atoms with Crippen molar-refractivity contribution in [2.24, 2.45) is 0 Å². The molecule has 2 aromatic rings. The molecule has 0 bridgehead atoms. The molecule has 1 aromatic heterocycles. The molecule has 0 atom stereocenters. The number of benzene rings is 1. The van der Waals surface area contributed by atoms with Gasteiger partial charge in [-0.2, -0.15) is 0 Å². The zero-order chi connectivity index (χ0) is 20.4. The van der Waals surface area contributed by atoms with E-state index < -0.39 is 11.8 Å². The van der Waals surface area contributed by atoms with Gasteiger partial charge in [0.2, 0.25) is 0 Å². The maximum absolute atomic E-state index is 14.4. The number of piperazine rings is 1. The highest BCUT2D eigenvalue weighted by Crippen LogP contribution is 2.24. The van der Waals surface area contributed by atoms with Crippen LogP contribution in [0, 0.1) is 12.7 Å². The third kappa shape index (κ3) is 3.90. The van der Waals surface area contributed by atoms with Crippen LogP contribution in [0.5, 0.6) is 0 Å². The van der Waals surface area contributed by atoms with E-state index in [-0.39, 0.29) is 29.4 Å². The van der Waals surface area contributed by atoms with Crippen molar-refractivity contribution in [1.82, 2.24) is 4.90 Å². The summed E-state index contributed by atoms with van der Waals surface area (Å²) in [5, 5.41) is 8.99. The first-order chi connectivity index (χ1) is 13.3. The molecule has 28 heavy (non-hydrogen) atoms. The van der Waals surface area contributed by atoms with Gasteiger partial charge in [0.15, 0.2) is 5.78 Å². The Labute approximate surface area is 161 Å². The number of nitrogens with zero attached hydrogens (tertiary/aromatic N) is 2. The second kappa shape index (κ2) is 7.84. The molecule has 0 unspecified atom stereocenters. The number of carboxylic acids is 1. The number of hydrogen-bond donors (Lipinski definition) is 1. The predicted octanol–water partition coefficient (Wildman–Crippen LogP) is 2.52. The molecule has 1 N–H and O–H groups in total. The lowest BCUT2D eigenvalue weighted by atomic mass is 10.1. The van der Waals surface area contributed by atoms with Gasteiger partial charge in [0.25, 0.3) is 5.91 Å². The molecule has 0 saturated carbocycles. The average Bonchev–Trinajstić information content (AvgIpc) is 3.00. The van der Waals surface area contributed by atoms with E-state index in [1.54, 1.807) is 24.0 Å². The molecule has 1 aliphatic heterocycles. The first-order valence-electron chi connectivity index (χ1n) is 8.91. The summed E-state index contributed by atoms with van der Waals surface area (Å²) in [5.74, 6) is -1.88. The van der Waals surface area contributed by atoms with E-state index in [1.807, 2.05) is 4.90 Å². The lowest BCUT2D eigenvalue weighted by molar-refractivity contribution is -0.136. The first kappa shape index (κ1) is 19.6. The van der Waals surface area contributed by atoms with Crippen molar-refractivity contribution in [2.75, 3.05) is 31.1 Å². The molecule has 1 saturated heterocycles. The topological polar surface area (TPSA) is 91.1 Å². The zero-order valence-corrected chi connectivity index (χ0v) is 15.7. The van der Waals surface area contributed by atoms with Crippen LogP contribution in [-0.4, -0.2) is 53.8 Å². The number of aryl methyl sites for hydroxylation is 1. The Bertz CT molecular complexity index is 929. The summed E-state index contributed by atoms with van der Waals surface area (Å²) in [6.07, 6.45) is 1.02. The summed E-state index contributed by atoms with van der Waals surface area (Å²) < 4.78 is 19.6. The van der Waals surface area contributed by atoms with E-state index in [0.717, 1.165) is 0 Å². The highest BCUT2D eigenvalue weighted by molar-refractivity contribution is 5.97. The van der Waals surface area contributed by atoms with Gasteiger partial charge in [0.1, 0.15) is 18.0 Å². The molecule has 0 aliphatic carbocycles. The van der Waals surface area contributed by atoms with Crippen molar-refractivity contribution in [3.63, 3.8) is 0 Å². The number of furan rings is 1. The Balaban J connectivity index is 1.71. The second-order valence-electron chi connectivity index (χ2n) is 6.79. The van der Waals surface area contributed by atoms with Gasteiger partial charge >= 0.3 is 5.97 Å². The van der Waals surface area contributed by atoms with Crippen molar-refractivity contribution in [3.05, 3.63) is 52.7 Å². The summed E-state index contributed by atoms with van der Waals surface area (Å²) in [4.78, 5) is 38.6. The highest BCUT2D eigenvalue weighted by atomic mass is 19.1. The molecule has 1 aromatic carbocycles. The smallest absolute Gasteiger partial charge is 0.311 e. The second-order valence-corrected chi connectivity index (χ2v) is 6.79. The molecule has 3 rings (SSSR count). The van der Waals surface area contributed by atoms with Gasteiger partial charge in [-0.05, 0) is 32.0 Å². The standard InChI is InChI=1S/C20H21FN2O5/c1-12-11-28-17(10-18(25)26)19(12)20(27)23-7-5-22(6-8-23)16-4-3-14(13(2)24)9-15(16)21/h3-4,9,11H,5-8,10H2,1-2H3,(H,25,26). The van der Waals surface area contributed by atoms with Crippen LogP contribution in [-0.2, 0) is 11.2 Å².